The second kappa shape index (κ2) is 4.96. The van der Waals surface area contributed by atoms with Gasteiger partial charge in [-0.1, -0.05) is 13.8 Å². The lowest BCUT2D eigenvalue weighted by Gasteiger charge is -2.35. The number of thioether (sulfide) groups is 1. The summed E-state index contributed by atoms with van der Waals surface area (Å²) in [7, 11) is 0. The first-order valence-corrected chi connectivity index (χ1v) is 6.71. The van der Waals surface area contributed by atoms with Gasteiger partial charge in [0.25, 0.3) is 0 Å². The summed E-state index contributed by atoms with van der Waals surface area (Å²) in [5, 5.41) is 8.68. The molecule has 2 rings (SSSR count). The third kappa shape index (κ3) is 2.91. The van der Waals surface area contributed by atoms with Crippen LogP contribution in [0.25, 0.3) is 0 Å². The predicted octanol–water partition coefficient (Wildman–Crippen LogP) is 1.70. The van der Waals surface area contributed by atoms with Gasteiger partial charge in [-0.15, -0.1) is 0 Å². The van der Waals surface area contributed by atoms with Crippen molar-refractivity contribution in [3.05, 3.63) is 23.9 Å². The number of amidine groups is 1. The van der Waals surface area contributed by atoms with E-state index in [1.807, 2.05) is 17.8 Å². The van der Waals surface area contributed by atoms with E-state index in [-0.39, 0.29) is 5.84 Å². The van der Waals surface area contributed by atoms with Gasteiger partial charge < -0.3 is 10.6 Å². The average molecular weight is 250 g/mol. The minimum atomic E-state index is 0.0983. The number of nitrogen functional groups attached to an aromatic ring is 1. The SMILES string of the molecule is CC1CN(c2cc(C(=N)N)ccn2)CC(C)S1. The monoisotopic (exact) mass is 250 g/mol. The summed E-state index contributed by atoms with van der Waals surface area (Å²) in [5.41, 5.74) is 6.24. The molecular formula is C12H18N4S. The van der Waals surface area contributed by atoms with Crippen LogP contribution in [-0.2, 0) is 0 Å². The highest BCUT2D eigenvalue weighted by atomic mass is 32.2. The molecule has 92 valence electrons. The van der Waals surface area contributed by atoms with Crippen molar-refractivity contribution in [1.82, 2.24) is 4.98 Å². The number of aromatic nitrogens is 1. The van der Waals surface area contributed by atoms with Gasteiger partial charge in [-0.25, -0.2) is 4.98 Å². The van der Waals surface area contributed by atoms with Crippen LogP contribution in [0.5, 0.6) is 0 Å². The molecule has 2 unspecified atom stereocenters. The number of rotatable bonds is 2. The maximum atomic E-state index is 7.45. The maximum absolute atomic E-state index is 7.45. The van der Waals surface area contributed by atoms with E-state index >= 15 is 0 Å². The Hall–Kier alpha value is -1.23. The van der Waals surface area contributed by atoms with E-state index in [1.54, 1.807) is 12.3 Å². The molecule has 1 saturated heterocycles. The van der Waals surface area contributed by atoms with E-state index in [9.17, 15) is 0 Å². The summed E-state index contributed by atoms with van der Waals surface area (Å²) in [4.78, 5) is 6.65. The lowest BCUT2D eigenvalue weighted by molar-refractivity contribution is 0.718. The van der Waals surface area contributed by atoms with Crippen molar-refractivity contribution in [1.29, 1.82) is 5.41 Å². The van der Waals surface area contributed by atoms with Crippen LogP contribution < -0.4 is 10.6 Å². The normalized spacial score (nSPS) is 24.7. The standard InChI is InChI=1S/C12H18N4S/c1-8-6-16(7-9(2)17-8)11-5-10(12(13)14)3-4-15-11/h3-5,8-9H,6-7H2,1-2H3,(H3,13,14). The molecule has 1 aliphatic rings. The Balaban J connectivity index is 2.21. The van der Waals surface area contributed by atoms with Gasteiger partial charge in [0, 0.05) is 35.3 Å². The zero-order valence-electron chi connectivity index (χ0n) is 10.2. The first-order chi connectivity index (χ1) is 8.06. The van der Waals surface area contributed by atoms with E-state index in [1.165, 1.54) is 0 Å². The van der Waals surface area contributed by atoms with Crippen LogP contribution in [0.3, 0.4) is 0 Å². The molecule has 2 heterocycles. The van der Waals surface area contributed by atoms with Crippen LogP contribution in [0, 0.1) is 5.41 Å². The van der Waals surface area contributed by atoms with E-state index in [2.05, 4.69) is 23.7 Å². The molecule has 0 radical (unpaired) electrons. The zero-order valence-corrected chi connectivity index (χ0v) is 11.0. The molecule has 17 heavy (non-hydrogen) atoms. The van der Waals surface area contributed by atoms with Gasteiger partial charge in [0.05, 0.1) is 0 Å². The van der Waals surface area contributed by atoms with Crippen molar-refractivity contribution in [2.24, 2.45) is 5.73 Å². The fourth-order valence-electron chi connectivity index (χ4n) is 2.12. The van der Waals surface area contributed by atoms with E-state index in [0.29, 0.717) is 10.5 Å². The number of hydrogen-bond donors (Lipinski definition) is 2. The molecule has 3 N–H and O–H groups in total. The Morgan fingerprint density at radius 1 is 1.47 bits per heavy atom. The summed E-state index contributed by atoms with van der Waals surface area (Å²) in [6.45, 7) is 6.48. The van der Waals surface area contributed by atoms with Crippen LogP contribution in [-0.4, -0.2) is 34.4 Å². The van der Waals surface area contributed by atoms with E-state index < -0.39 is 0 Å². The third-order valence-electron chi connectivity index (χ3n) is 2.80. The smallest absolute Gasteiger partial charge is 0.129 e. The van der Waals surface area contributed by atoms with Gasteiger partial charge in [-0.3, -0.25) is 5.41 Å². The summed E-state index contributed by atoms with van der Waals surface area (Å²) in [5.74, 6) is 1.03. The van der Waals surface area contributed by atoms with Crippen molar-refractivity contribution < 1.29 is 0 Å². The Kier molecular flexibility index (Phi) is 3.57. The number of nitrogens with one attached hydrogen (secondary N) is 1. The highest BCUT2D eigenvalue weighted by Crippen LogP contribution is 2.27. The Labute approximate surface area is 106 Å². The van der Waals surface area contributed by atoms with Crippen LogP contribution in [0.1, 0.15) is 19.4 Å². The van der Waals surface area contributed by atoms with Gasteiger partial charge in [0.2, 0.25) is 0 Å². The fourth-order valence-corrected chi connectivity index (χ4v) is 3.45. The molecule has 0 spiro atoms. The second-order valence-corrected chi connectivity index (χ2v) is 6.36. The quantitative estimate of drug-likeness (QED) is 0.619. The van der Waals surface area contributed by atoms with Gasteiger partial charge in [-0.05, 0) is 12.1 Å². The van der Waals surface area contributed by atoms with Crippen molar-refractivity contribution in [3.8, 4) is 0 Å². The van der Waals surface area contributed by atoms with Crippen molar-refractivity contribution in [2.75, 3.05) is 18.0 Å². The minimum absolute atomic E-state index is 0.0983. The number of hydrogen-bond acceptors (Lipinski definition) is 4. The Bertz CT molecular complexity index is 411. The molecule has 0 aliphatic carbocycles. The number of nitrogens with zero attached hydrogens (tertiary/aromatic N) is 2. The van der Waals surface area contributed by atoms with Crippen LogP contribution in [0.2, 0.25) is 0 Å². The van der Waals surface area contributed by atoms with E-state index in [4.69, 9.17) is 11.1 Å². The van der Waals surface area contributed by atoms with Crippen LogP contribution in [0.15, 0.2) is 18.3 Å². The molecule has 1 aliphatic heterocycles. The number of pyridine rings is 1. The fraction of sp³-hybridized carbons (Fsp3) is 0.500. The van der Waals surface area contributed by atoms with E-state index in [0.717, 1.165) is 24.5 Å². The van der Waals surface area contributed by atoms with Crippen molar-refractivity contribution >= 4 is 23.4 Å². The summed E-state index contributed by atoms with van der Waals surface area (Å²) >= 11 is 2.01. The van der Waals surface area contributed by atoms with Gasteiger partial charge in [-0.2, -0.15) is 11.8 Å². The highest BCUT2D eigenvalue weighted by molar-refractivity contribution is 8.00. The molecule has 1 fully saturated rings. The second-order valence-electron chi connectivity index (χ2n) is 4.48. The van der Waals surface area contributed by atoms with Gasteiger partial charge >= 0.3 is 0 Å². The van der Waals surface area contributed by atoms with Crippen LogP contribution >= 0.6 is 11.8 Å². The highest BCUT2D eigenvalue weighted by Gasteiger charge is 2.23. The Morgan fingerprint density at radius 3 is 2.71 bits per heavy atom. The predicted molar refractivity (Wildman–Crippen MR) is 74.0 cm³/mol. The van der Waals surface area contributed by atoms with Gasteiger partial charge in [0.1, 0.15) is 11.7 Å². The lowest BCUT2D eigenvalue weighted by Crippen LogP contribution is -2.40. The van der Waals surface area contributed by atoms with Gasteiger partial charge in [0.15, 0.2) is 0 Å². The molecule has 5 heteroatoms. The summed E-state index contributed by atoms with van der Waals surface area (Å²) < 4.78 is 0. The first kappa shape index (κ1) is 12.2. The molecule has 0 bridgehead atoms. The molecule has 1 aromatic rings. The average Bonchev–Trinajstić information content (AvgIpc) is 2.28. The van der Waals surface area contributed by atoms with Crippen LogP contribution in [0.4, 0.5) is 5.82 Å². The maximum Gasteiger partial charge on any atom is 0.129 e. The van der Waals surface area contributed by atoms with Crippen molar-refractivity contribution in [3.63, 3.8) is 0 Å². The molecule has 1 aromatic heterocycles. The van der Waals surface area contributed by atoms with Crippen molar-refractivity contribution in [2.45, 2.75) is 24.3 Å². The lowest BCUT2D eigenvalue weighted by atomic mass is 10.2. The molecule has 2 atom stereocenters. The minimum Gasteiger partial charge on any atom is -0.384 e. The summed E-state index contributed by atoms with van der Waals surface area (Å²) in [6.07, 6.45) is 1.73. The molecular weight excluding hydrogens is 232 g/mol. The zero-order chi connectivity index (χ0) is 12.4. The largest absolute Gasteiger partial charge is 0.384 e. The molecule has 0 aromatic carbocycles. The summed E-state index contributed by atoms with van der Waals surface area (Å²) in [6, 6.07) is 3.68. The number of nitrogens with two attached hydrogens (primary N) is 1. The molecule has 4 nitrogen and oxygen atoms in total. The first-order valence-electron chi connectivity index (χ1n) is 5.77. The Morgan fingerprint density at radius 2 is 2.12 bits per heavy atom. The topological polar surface area (TPSA) is 66.0 Å². The molecule has 0 amide bonds. The number of anilines is 1. The molecule has 0 saturated carbocycles. The third-order valence-corrected chi connectivity index (χ3v) is 4.03.